The molecule has 0 unspecified atom stereocenters. The third-order valence-corrected chi connectivity index (χ3v) is 4.14. The van der Waals surface area contributed by atoms with Crippen molar-refractivity contribution in [2.75, 3.05) is 33.4 Å². The van der Waals surface area contributed by atoms with E-state index in [1.165, 1.54) is 5.56 Å². The van der Waals surface area contributed by atoms with E-state index < -0.39 is 6.10 Å². The van der Waals surface area contributed by atoms with E-state index in [9.17, 15) is 5.11 Å². The lowest BCUT2D eigenvalue weighted by atomic mass is 10.1. The van der Waals surface area contributed by atoms with Crippen LogP contribution in [0.15, 0.2) is 24.3 Å². The van der Waals surface area contributed by atoms with Gasteiger partial charge in [0.05, 0.1) is 32.0 Å². The van der Waals surface area contributed by atoms with Crippen LogP contribution in [0, 0.1) is 0 Å². The summed E-state index contributed by atoms with van der Waals surface area (Å²) >= 11 is 0. The number of nitrogens with zero attached hydrogens (tertiary/aromatic N) is 1. The van der Waals surface area contributed by atoms with Gasteiger partial charge in [0.15, 0.2) is 0 Å². The highest BCUT2D eigenvalue weighted by atomic mass is 16.5. The Kier molecular flexibility index (Phi) is 7.99. The fourth-order valence-electron chi connectivity index (χ4n) is 2.92. The first-order chi connectivity index (χ1) is 11.6. The van der Waals surface area contributed by atoms with Crippen LogP contribution < -0.4 is 4.74 Å². The molecule has 1 aliphatic rings. The lowest BCUT2D eigenvalue weighted by Crippen LogP contribution is -2.39. The highest BCUT2D eigenvalue weighted by Crippen LogP contribution is 2.17. The topological polar surface area (TPSA) is 51.2 Å². The Hall–Kier alpha value is -1.14. The highest BCUT2D eigenvalue weighted by Gasteiger charge is 2.21. The normalized spacial score (nSPS) is 19.2. The fraction of sp³-hybridized carbons (Fsp3) is 0.684. The van der Waals surface area contributed by atoms with E-state index in [0.29, 0.717) is 13.2 Å². The zero-order chi connectivity index (χ0) is 17.4. The van der Waals surface area contributed by atoms with Crippen molar-refractivity contribution in [2.24, 2.45) is 0 Å². The Morgan fingerprint density at radius 3 is 2.62 bits per heavy atom. The van der Waals surface area contributed by atoms with Crippen molar-refractivity contribution >= 4 is 0 Å². The molecule has 24 heavy (non-hydrogen) atoms. The van der Waals surface area contributed by atoms with Crippen LogP contribution in [0.4, 0.5) is 0 Å². The molecule has 136 valence electrons. The Morgan fingerprint density at radius 2 is 2.04 bits per heavy atom. The van der Waals surface area contributed by atoms with Crippen molar-refractivity contribution in [3.63, 3.8) is 0 Å². The van der Waals surface area contributed by atoms with Gasteiger partial charge >= 0.3 is 0 Å². The predicted molar refractivity (Wildman–Crippen MR) is 94.3 cm³/mol. The number of hydrogen-bond donors (Lipinski definition) is 1. The Morgan fingerprint density at radius 1 is 1.29 bits per heavy atom. The minimum absolute atomic E-state index is 0.132. The Bertz CT molecular complexity index is 457. The number of rotatable bonds is 10. The van der Waals surface area contributed by atoms with Crippen LogP contribution in [0.3, 0.4) is 0 Å². The molecule has 2 rings (SSSR count). The average molecular weight is 337 g/mol. The van der Waals surface area contributed by atoms with Crippen molar-refractivity contribution in [3.8, 4) is 5.75 Å². The molecule has 1 aliphatic heterocycles. The molecule has 5 heteroatoms. The van der Waals surface area contributed by atoms with Gasteiger partial charge in [-0.15, -0.1) is 0 Å². The molecule has 0 aliphatic carbocycles. The minimum Gasteiger partial charge on any atom is -0.497 e. The monoisotopic (exact) mass is 337 g/mol. The third kappa shape index (κ3) is 6.77. The second-order valence-electron chi connectivity index (χ2n) is 6.71. The number of ether oxygens (including phenoxy) is 3. The molecule has 0 radical (unpaired) electrons. The van der Waals surface area contributed by atoms with E-state index in [4.69, 9.17) is 14.2 Å². The van der Waals surface area contributed by atoms with Crippen LogP contribution in [0.2, 0.25) is 0 Å². The highest BCUT2D eigenvalue weighted by molar-refractivity contribution is 5.27. The first-order valence-electron chi connectivity index (χ1n) is 8.83. The summed E-state index contributed by atoms with van der Waals surface area (Å²) in [5, 5.41) is 10.3. The molecule has 1 aromatic carbocycles. The van der Waals surface area contributed by atoms with Gasteiger partial charge in [-0.1, -0.05) is 12.1 Å². The molecule has 0 saturated carbocycles. The first-order valence-corrected chi connectivity index (χ1v) is 8.83. The van der Waals surface area contributed by atoms with Crippen molar-refractivity contribution in [1.29, 1.82) is 0 Å². The van der Waals surface area contributed by atoms with Gasteiger partial charge in [0.1, 0.15) is 5.75 Å². The van der Waals surface area contributed by atoms with Crippen molar-refractivity contribution in [2.45, 2.75) is 51.5 Å². The lowest BCUT2D eigenvalue weighted by molar-refractivity contribution is -0.0172. The van der Waals surface area contributed by atoms with E-state index >= 15 is 0 Å². The number of benzene rings is 1. The quantitative estimate of drug-likeness (QED) is 0.711. The number of hydrogen-bond acceptors (Lipinski definition) is 5. The summed E-state index contributed by atoms with van der Waals surface area (Å²) in [6.45, 7) is 7.37. The second-order valence-corrected chi connectivity index (χ2v) is 6.71. The molecular formula is C19H31NO4. The average Bonchev–Trinajstić information content (AvgIpc) is 3.06. The molecule has 1 aromatic rings. The van der Waals surface area contributed by atoms with Gasteiger partial charge in [-0.25, -0.2) is 0 Å². The van der Waals surface area contributed by atoms with Gasteiger partial charge in [0.2, 0.25) is 0 Å². The fourth-order valence-corrected chi connectivity index (χ4v) is 2.92. The molecule has 1 N–H and O–H groups in total. The summed E-state index contributed by atoms with van der Waals surface area (Å²) in [5.41, 5.74) is 1.20. The summed E-state index contributed by atoms with van der Waals surface area (Å²) in [6, 6.07) is 8.08. The summed E-state index contributed by atoms with van der Waals surface area (Å²) in [6.07, 6.45) is 2.12. The summed E-state index contributed by atoms with van der Waals surface area (Å²) < 4.78 is 16.5. The second kappa shape index (κ2) is 9.99. The molecule has 1 saturated heterocycles. The van der Waals surface area contributed by atoms with Gasteiger partial charge in [0, 0.05) is 26.2 Å². The summed E-state index contributed by atoms with van der Waals surface area (Å²) in [4.78, 5) is 2.26. The third-order valence-electron chi connectivity index (χ3n) is 4.14. The standard InChI is InChI=1S/C19H31NO4/c1-15(2)24-14-17(21)12-20(13-19-5-4-10-23-19)11-16-6-8-18(22-3)9-7-16/h6-9,15,17,19,21H,4-5,10-14H2,1-3H3/t17-,19-/m0/s1. The van der Waals surface area contributed by atoms with Gasteiger partial charge < -0.3 is 19.3 Å². The number of methoxy groups -OCH3 is 1. The van der Waals surface area contributed by atoms with Crippen LogP contribution in [0.5, 0.6) is 5.75 Å². The Balaban J connectivity index is 1.92. The first kappa shape index (κ1) is 19.2. The van der Waals surface area contributed by atoms with E-state index in [1.807, 2.05) is 26.0 Å². The maximum atomic E-state index is 10.3. The van der Waals surface area contributed by atoms with Crippen LogP contribution in [-0.4, -0.2) is 61.7 Å². The van der Waals surface area contributed by atoms with E-state index in [1.54, 1.807) is 7.11 Å². The van der Waals surface area contributed by atoms with Crippen molar-refractivity contribution in [1.82, 2.24) is 4.90 Å². The number of aliphatic hydroxyl groups is 1. The van der Waals surface area contributed by atoms with Gasteiger partial charge in [-0.2, -0.15) is 0 Å². The van der Waals surface area contributed by atoms with Gasteiger partial charge in [-0.05, 0) is 44.4 Å². The molecule has 5 nitrogen and oxygen atoms in total. The SMILES string of the molecule is COc1ccc(CN(C[C@H](O)COC(C)C)C[C@@H]2CCCO2)cc1. The minimum atomic E-state index is -0.493. The van der Waals surface area contributed by atoms with E-state index in [-0.39, 0.29) is 12.2 Å². The van der Waals surface area contributed by atoms with E-state index in [2.05, 4.69) is 17.0 Å². The summed E-state index contributed by atoms with van der Waals surface area (Å²) in [7, 11) is 1.67. The maximum absolute atomic E-state index is 10.3. The molecule has 1 heterocycles. The molecule has 0 amide bonds. The van der Waals surface area contributed by atoms with Crippen LogP contribution in [0.25, 0.3) is 0 Å². The maximum Gasteiger partial charge on any atom is 0.118 e. The van der Waals surface area contributed by atoms with Crippen molar-refractivity contribution < 1.29 is 19.3 Å². The van der Waals surface area contributed by atoms with Crippen molar-refractivity contribution in [3.05, 3.63) is 29.8 Å². The molecule has 2 atom stereocenters. The van der Waals surface area contributed by atoms with Gasteiger partial charge in [0.25, 0.3) is 0 Å². The van der Waals surface area contributed by atoms with Crippen LogP contribution in [0.1, 0.15) is 32.3 Å². The summed E-state index contributed by atoms with van der Waals surface area (Å²) in [5.74, 6) is 0.856. The molecule has 0 spiro atoms. The Labute approximate surface area is 145 Å². The molecule has 1 fully saturated rings. The zero-order valence-corrected chi connectivity index (χ0v) is 15.1. The van der Waals surface area contributed by atoms with E-state index in [0.717, 1.165) is 38.3 Å². The molecule has 0 aromatic heterocycles. The number of aliphatic hydroxyl groups excluding tert-OH is 1. The van der Waals surface area contributed by atoms with Gasteiger partial charge in [-0.3, -0.25) is 4.90 Å². The smallest absolute Gasteiger partial charge is 0.118 e. The van der Waals surface area contributed by atoms with Crippen LogP contribution in [-0.2, 0) is 16.0 Å². The zero-order valence-electron chi connectivity index (χ0n) is 15.1. The lowest BCUT2D eigenvalue weighted by Gasteiger charge is -2.27. The largest absolute Gasteiger partial charge is 0.497 e. The molecule has 0 bridgehead atoms. The molecular weight excluding hydrogens is 306 g/mol. The van der Waals surface area contributed by atoms with Crippen LogP contribution >= 0.6 is 0 Å². The predicted octanol–water partition coefficient (Wildman–Crippen LogP) is 2.46.